The molecule has 1 atom stereocenters. The number of hydrogen-bond acceptors (Lipinski definition) is 5. The van der Waals surface area contributed by atoms with Gasteiger partial charge in [-0.15, -0.1) is 0 Å². The molecule has 1 aromatic heterocycles. The maximum absolute atomic E-state index is 14.8. The van der Waals surface area contributed by atoms with Crippen molar-refractivity contribution >= 4 is 30.8 Å². The maximum Gasteiger partial charge on any atom is 0.293 e. The molecule has 36 heavy (non-hydrogen) atoms. The lowest BCUT2D eigenvalue weighted by Gasteiger charge is -2.36. The number of halogens is 2. The highest BCUT2D eigenvalue weighted by atomic mass is 28.3. The van der Waals surface area contributed by atoms with Crippen LogP contribution in [0.15, 0.2) is 45.7 Å². The number of H-pyrrole nitrogens is 1. The van der Waals surface area contributed by atoms with Gasteiger partial charge in [-0.2, -0.15) is 5.16 Å². The SMILES string of the molecule is COCc1ccc2c(c1)CCN(C(=O)c1cc(=O)[nH]o1)C2C(=O)Nc1cc(F)c([Si](C)(C)C)c(F)c1. The summed E-state index contributed by atoms with van der Waals surface area (Å²) >= 11 is 0. The fraction of sp³-hybridized carbons (Fsp3) is 0.320. The Bertz CT molecular complexity index is 1360. The number of methoxy groups -OCH3 is 1. The number of rotatable bonds is 6. The quantitative estimate of drug-likeness (QED) is 0.490. The zero-order valence-electron chi connectivity index (χ0n) is 20.4. The molecule has 4 rings (SSSR count). The Morgan fingerprint density at radius 2 is 1.86 bits per heavy atom. The van der Waals surface area contributed by atoms with E-state index >= 15 is 0 Å². The van der Waals surface area contributed by atoms with Crippen molar-refractivity contribution < 1.29 is 27.6 Å². The van der Waals surface area contributed by atoms with Gasteiger partial charge in [-0.3, -0.25) is 14.4 Å². The molecule has 2 amide bonds. The highest BCUT2D eigenvalue weighted by Gasteiger charge is 2.38. The summed E-state index contributed by atoms with van der Waals surface area (Å²) in [7, 11) is -0.728. The summed E-state index contributed by atoms with van der Waals surface area (Å²) in [6.07, 6.45) is 0.450. The minimum Gasteiger partial charge on any atom is -0.380 e. The lowest BCUT2D eigenvalue weighted by atomic mass is 9.90. The summed E-state index contributed by atoms with van der Waals surface area (Å²) in [5.74, 6) is -3.00. The summed E-state index contributed by atoms with van der Waals surface area (Å²) in [5, 5.41) is 4.69. The third kappa shape index (κ3) is 5.02. The first-order valence-electron chi connectivity index (χ1n) is 11.4. The van der Waals surface area contributed by atoms with Gasteiger partial charge in [0.2, 0.25) is 5.76 Å². The van der Waals surface area contributed by atoms with Crippen molar-refractivity contribution in [2.24, 2.45) is 0 Å². The van der Waals surface area contributed by atoms with Crippen LogP contribution in [0, 0.1) is 11.6 Å². The number of carbonyl (C=O) groups is 2. The van der Waals surface area contributed by atoms with Gasteiger partial charge < -0.3 is 19.5 Å². The van der Waals surface area contributed by atoms with Crippen LogP contribution in [0.3, 0.4) is 0 Å². The number of anilines is 1. The molecule has 0 bridgehead atoms. The molecular formula is C25H27F2N3O5Si. The van der Waals surface area contributed by atoms with E-state index in [1.807, 2.05) is 25.7 Å². The van der Waals surface area contributed by atoms with Gasteiger partial charge in [0, 0.05) is 24.5 Å². The predicted octanol–water partition coefficient (Wildman–Crippen LogP) is 3.32. The first-order valence-corrected chi connectivity index (χ1v) is 14.9. The molecule has 0 saturated heterocycles. The zero-order valence-corrected chi connectivity index (χ0v) is 21.4. The number of aromatic nitrogens is 1. The van der Waals surface area contributed by atoms with Crippen LogP contribution in [-0.2, 0) is 22.6 Å². The van der Waals surface area contributed by atoms with Crippen LogP contribution < -0.4 is 16.1 Å². The summed E-state index contributed by atoms with van der Waals surface area (Å²) in [6.45, 7) is 6.01. The van der Waals surface area contributed by atoms with Gasteiger partial charge in [0.05, 0.1) is 20.7 Å². The molecule has 0 spiro atoms. The van der Waals surface area contributed by atoms with Crippen LogP contribution in [0.4, 0.5) is 14.5 Å². The van der Waals surface area contributed by atoms with Gasteiger partial charge in [0.1, 0.15) is 17.7 Å². The number of aromatic amines is 1. The van der Waals surface area contributed by atoms with Crippen LogP contribution in [0.5, 0.6) is 0 Å². The summed E-state index contributed by atoms with van der Waals surface area (Å²) in [6, 6.07) is 7.49. The molecule has 1 unspecified atom stereocenters. The van der Waals surface area contributed by atoms with Crippen molar-refractivity contribution in [3.63, 3.8) is 0 Å². The molecule has 1 aliphatic rings. The molecule has 2 aromatic carbocycles. The van der Waals surface area contributed by atoms with Gasteiger partial charge in [-0.1, -0.05) is 37.8 Å². The third-order valence-electron chi connectivity index (χ3n) is 6.05. The van der Waals surface area contributed by atoms with Crippen LogP contribution >= 0.6 is 0 Å². The largest absolute Gasteiger partial charge is 0.380 e. The first kappa shape index (κ1) is 25.5. The Labute approximate surface area is 207 Å². The predicted molar refractivity (Wildman–Crippen MR) is 132 cm³/mol. The van der Waals surface area contributed by atoms with E-state index in [0.29, 0.717) is 18.6 Å². The fourth-order valence-corrected chi connectivity index (χ4v) is 6.12. The number of carbonyl (C=O) groups excluding carboxylic acids is 2. The van der Waals surface area contributed by atoms with Crippen LogP contribution in [0.2, 0.25) is 19.6 Å². The van der Waals surface area contributed by atoms with Crippen LogP contribution in [-0.4, -0.2) is 43.6 Å². The van der Waals surface area contributed by atoms with E-state index in [4.69, 9.17) is 9.26 Å². The Morgan fingerprint density at radius 1 is 1.17 bits per heavy atom. The highest BCUT2D eigenvalue weighted by Crippen LogP contribution is 2.33. The number of hydrogen-bond donors (Lipinski definition) is 2. The van der Waals surface area contributed by atoms with Crippen molar-refractivity contribution in [3.8, 4) is 0 Å². The van der Waals surface area contributed by atoms with Crippen LogP contribution in [0.1, 0.15) is 33.3 Å². The molecule has 0 saturated carbocycles. The molecular weight excluding hydrogens is 488 g/mol. The molecule has 11 heteroatoms. The Morgan fingerprint density at radius 3 is 2.44 bits per heavy atom. The summed E-state index contributed by atoms with van der Waals surface area (Å²) < 4.78 is 39.8. The second-order valence-electron chi connectivity index (χ2n) is 9.75. The van der Waals surface area contributed by atoms with Crippen molar-refractivity contribution in [1.29, 1.82) is 0 Å². The van der Waals surface area contributed by atoms with Gasteiger partial charge in [0.25, 0.3) is 17.4 Å². The monoisotopic (exact) mass is 515 g/mol. The molecule has 2 N–H and O–H groups in total. The number of amides is 2. The second kappa shape index (κ2) is 9.82. The van der Waals surface area contributed by atoms with E-state index in [1.165, 1.54) is 4.90 Å². The standard InChI is InChI=1S/C25H27F2N3O5Si/c1-34-13-14-5-6-17-15(9-14)7-8-30(25(33)20-12-21(31)29-35-20)22(17)24(32)28-16-10-18(26)23(19(27)11-16)36(2,3)4/h5-6,9-12,22H,7-8,13H2,1-4H3,(H,28,32)(H,29,31). The van der Waals surface area contributed by atoms with Gasteiger partial charge in [0.15, 0.2) is 0 Å². The van der Waals surface area contributed by atoms with Gasteiger partial charge >= 0.3 is 0 Å². The summed E-state index contributed by atoms with van der Waals surface area (Å²) in [5.41, 5.74) is 1.66. The number of ether oxygens (including phenoxy) is 1. The minimum atomic E-state index is -2.30. The van der Waals surface area contributed by atoms with E-state index in [-0.39, 0.29) is 23.2 Å². The maximum atomic E-state index is 14.8. The van der Waals surface area contributed by atoms with Gasteiger partial charge in [-0.05, 0) is 35.2 Å². The minimum absolute atomic E-state index is 0.0495. The van der Waals surface area contributed by atoms with Crippen molar-refractivity contribution in [3.05, 3.63) is 80.8 Å². The second-order valence-corrected chi connectivity index (χ2v) is 14.7. The number of nitrogens with zero attached hydrogens (tertiary/aromatic N) is 1. The Balaban J connectivity index is 1.72. The molecule has 3 aromatic rings. The lowest BCUT2D eigenvalue weighted by Crippen LogP contribution is -2.45. The average molecular weight is 516 g/mol. The Hall–Kier alpha value is -3.57. The normalized spacial score (nSPS) is 15.5. The van der Waals surface area contributed by atoms with Gasteiger partial charge in [-0.25, -0.2) is 8.78 Å². The van der Waals surface area contributed by atoms with E-state index in [9.17, 15) is 23.2 Å². The zero-order chi connectivity index (χ0) is 26.2. The number of nitrogens with one attached hydrogen (secondary N) is 2. The average Bonchev–Trinajstić information content (AvgIpc) is 3.22. The van der Waals surface area contributed by atoms with Crippen molar-refractivity contribution in [2.45, 2.75) is 38.7 Å². The fourth-order valence-electron chi connectivity index (χ4n) is 4.54. The molecule has 8 nitrogen and oxygen atoms in total. The lowest BCUT2D eigenvalue weighted by molar-refractivity contribution is -0.121. The Kier molecular flexibility index (Phi) is 6.96. The molecule has 190 valence electrons. The molecule has 1 aliphatic heterocycles. The van der Waals surface area contributed by atoms with Crippen LogP contribution in [0.25, 0.3) is 0 Å². The molecule has 0 aliphatic carbocycles. The molecule has 0 fully saturated rings. The molecule has 0 radical (unpaired) electrons. The van der Waals surface area contributed by atoms with E-state index in [2.05, 4.69) is 10.5 Å². The topological polar surface area (TPSA) is 105 Å². The third-order valence-corrected chi connectivity index (χ3v) is 8.03. The number of benzene rings is 2. The highest BCUT2D eigenvalue weighted by molar-refractivity contribution is 6.88. The van der Waals surface area contributed by atoms with E-state index in [1.54, 1.807) is 19.2 Å². The van der Waals surface area contributed by atoms with E-state index in [0.717, 1.165) is 29.3 Å². The number of fused-ring (bicyclic) bond motifs is 1. The first-order chi connectivity index (χ1) is 17.0. The van der Waals surface area contributed by atoms with Crippen molar-refractivity contribution in [1.82, 2.24) is 10.1 Å². The van der Waals surface area contributed by atoms with E-state index < -0.39 is 43.1 Å². The summed E-state index contributed by atoms with van der Waals surface area (Å²) in [4.78, 5) is 39.5. The smallest absolute Gasteiger partial charge is 0.293 e. The molecule has 2 heterocycles. The van der Waals surface area contributed by atoms with Crippen molar-refractivity contribution in [2.75, 3.05) is 19.0 Å².